The SMILES string of the molecule is CCOc1cc(-c2nnc(C3CC3)o2)ccc1C(=O)NC[C@@H](O)CCc1ccc(OC)cc1CN. The van der Waals surface area contributed by atoms with E-state index in [0.29, 0.717) is 60.6 Å². The third kappa shape index (κ3) is 6.17. The second kappa shape index (κ2) is 11.3. The van der Waals surface area contributed by atoms with E-state index in [9.17, 15) is 9.90 Å². The molecule has 9 heteroatoms. The Bertz CT molecular complexity index is 1160. The van der Waals surface area contributed by atoms with Crippen molar-refractivity contribution in [3.8, 4) is 23.0 Å². The topological polar surface area (TPSA) is 133 Å². The van der Waals surface area contributed by atoms with Crippen LogP contribution in [0.4, 0.5) is 0 Å². The fourth-order valence-electron chi connectivity index (χ4n) is 3.86. The lowest BCUT2D eigenvalue weighted by molar-refractivity contribution is 0.0907. The minimum absolute atomic E-state index is 0.120. The monoisotopic (exact) mass is 480 g/mol. The van der Waals surface area contributed by atoms with Crippen LogP contribution in [0, 0.1) is 0 Å². The average Bonchev–Trinajstić information content (AvgIpc) is 3.62. The number of nitrogens with zero attached hydrogens (tertiary/aromatic N) is 2. The molecule has 4 rings (SSSR count). The van der Waals surface area contributed by atoms with E-state index in [4.69, 9.17) is 19.6 Å². The van der Waals surface area contributed by atoms with Crippen LogP contribution in [0.1, 0.15) is 59.5 Å². The number of benzene rings is 2. The second-order valence-electron chi connectivity index (χ2n) is 8.60. The van der Waals surface area contributed by atoms with Gasteiger partial charge in [0, 0.05) is 24.6 Å². The minimum Gasteiger partial charge on any atom is -0.497 e. The zero-order valence-corrected chi connectivity index (χ0v) is 20.1. The summed E-state index contributed by atoms with van der Waals surface area (Å²) in [5.74, 6) is 2.28. The van der Waals surface area contributed by atoms with Gasteiger partial charge in [0.25, 0.3) is 5.91 Å². The summed E-state index contributed by atoms with van der Waals surface area (Å²) in [7, 11) is 1.61. The molecule has 1 aromatic heterocycles. The first-order chi connectivity index (χ1) is 17.0. The van der Waals surface area contributed by atoms with Crippen LogP contribution in [0.15, 0.2) is 40.8 Å². The van der Waals surface area contributed by atoms with Gasteiger partial charge in [-0.1, -0.05) is 6.07 Å². The molecule has 1 aliphatic rings. The van der Waals surface area contributed by atoms with Gasteiger partial charge in [-0.3, -0.25) is 4.79 Å². The van der Waals surface area contributed by atoms with E-state index in [2.05, 4.69) is 15.5 Å². The van der Waals surface area contributed by atoms with Crippen LogP contribution in [-0.2, 0) is 13.0 Å². The summed E-state index contributed by atoms with van der Waals surface area (Å²) in [5.41, 5.74) is 8.95. The fourth-order valence-corrected chi connectivity index (χ4v) is 3.86. The Morgan fingerprint density at radius 1 is 1.23 bits per heavy atom. The van der Waals surface area contributed by atoms with Crippen molar-refractivity contribution in [2.45, 2.75) is 51.2 Å². The zero-order chi connectivity index (χ0) is 24.8. The third-order valence-corrected chi connectivity index (χ3v) is 6.02. The molecular formula is C26H32N4O5. The molecule has 4 N–H and O–H groups in total. The number of aryl methyl sites for hydroxylation is 1. The van der Waals surface area contributed by atoms with Gasteiger partial charge in [0.15, 0.2) is 0 Å². The molecule has 186 valence electrons. The lowest BCUT2D eigenvalue weighted by Gasteiger charge is -2.15. The molecule has 9 nitrogen and oxygen atoms in total. The molecule has 0 aliphatic heterocycles. The molecule has 0 radical (unpaired) electrons. The van der Waals surface area contributed by atoms with Gasteiger partial charge in [-0.25, -0.2) is 0 Å². The number of amides is 1. The molecule has 1 atom stereocenters. The molecule has 1 amide bonds. The molecule has 1 heterocycles. The number of nitrogens with two attached hydrogens (primary N) is 1. The summed E-state index contributed by atoms with van der Waals surface area (Å²) in [6, 6.07) is 10.9. The summed E-state index contributed by atoms with van der Waals surface area (Å²) in [6.07, 6.45) is 2.56. The van der Waals surface area contributed by atoms with Gasteiger partial charge in [0.2, 0.25) is 11.8 Å². The molecule has 2 aromatic carbocycles. The van der Waals surface area contributed by atoms with Gasteiger partial charge < -0.3 is 30.0 Å². The molecule has 35 heavy (non-hydrogen) atoms. The van der Waals surface area contributed by atoms with Crippen LogP contribution >= 0.6 is 0 Å². The van der Waals surface area contributed by atoms with Crippen molar-refractivity contribution in [1.82, 2.24) is 15.5 Å². The Balaban J connectivity index is 1.36. The van der Waals surface area contributed by atoms with Gasteiger partial charge in [-0.2, -0.15) is 0 Å². The van der Waals surface area contributed by atoms with E-state index in [1.807, 2.05) is 25.1 Å². The van der Waals surface area contributed by atoms with Gasteiger partial charge in [-0.05, 0) is 74.1 Å². The molecule has 0 saturated heterocycles. The number of rotatable bonds is 12. The van der Waals surface area contributed by atoms with Crippen molar-refractivity contribution < 1.29 is 23.8 Å². The standard InChI is InChI=1S/C26H32N4O5/c1-3-34-23-13-18(26-30-29-25(35-26)17-4-5-17)8-11-22(23)24(32)28-15-20(31)9-6-16-7-10-21(33-2)12-19(16)14-27/h7-8,10-13,17,20,31H,3-6,9,14-15,27H2,1-2H3,(H,28,32)/t20-/m0/s1. The molecule has 1 fully saturated rings. The number of aromatic nitrogens is 2. The van der Waals surface area contributed by atoms with Crippen molar-refractivity contribution >= 4 is 5.91 Å². The number of hydrogen-bond acceptors (Lipinski definition) is 8. The van der Waals surface area contributed by atoms with E-state index >= 15 is 0 Å². The third-order valence-electron chi connectivity index (χ3n) is 6.02. The maximum absolute atomic E-state index is 12.9. The Labute approximate surface area is 204 Å². The van der Waals surface area contributed by atoms with Crippen LogP contribution in [0.2, 0.25) is 0 Å². The van der Waals surface area contributed by atoms with E-state index < -0.39 is 6.10 Å². The molecule has 0 bridgehead atoms. The number of aliphatic hydroxyl groups is 1. The van der Waals surface area contributed by atoms with E-state index in [-0.39, 0.29) is 12.5 Å². The smallest absolute Gasteiger partial charge is 0.255 e. The van der Waals surface area contributed by atoms with Crippen molar-refractivity contribution in [2.75, 3.05) is 20.3 Å². The van der Waals surface area contributed by atoms with Gasteiger partial charge in [0.1, 0.15) is 11.5 Å². The highest BCUT2D eigenvalue weighted by Gasteiger charge is 2.29. The van der Waals surface area contributed by atoms with Crippen molar-refractivity contribution in [3.05, 3.63) is 59.0 Å². The molecule has 3 aromatic rings. The number of aliphatic hydroxyl groups excluding tert-OH is 1. The molecule has 0 unspecified atom stereocenters. The second-order valence-corrected chi connectivity index (χ2v) is 8.60. The normalized spacial score (nSPS) is 13.9. The van der Waals surface area contributed by atoms with Crippen LogP contribution in [0.3, 0.4) is 0 Å². The predicted molar refractivity (Wildman–Crippen MR) is 130 cm³/mol. The fraction of sp³-hybridized carbons (Fsp3) is 0.423. The largest absolute Gasteiger partial charge is 0.497 e. The lowest BCUT2D eigenvalue weighted by atomic mass is 10.0. The van der Waals surface area contributed by atoms with Crippen molar-refractivity contribution in [1.29, 1.82) is 0 Å². The summed E-state index contributed by atoms with van der Waals surface area (Å²) in [5, 5.41) is 21.5. The minimum atomic E-state index is -0.708. The summed E-state index contributed by atoms with van der Waals surface area (Å²) >= 11 is 0. The lowest BCUT2D eigenvalue weighted by Crippen LogP contribution is -2.32. The number of ether oxygens (including phenoxy) is 2. The predicted octanol–water partition coefficient (Wildman–Crippen LogP) is 3.20. The van der Waals surface area contributed by atoms with Gasteiger partial charge >= 0.3 is 0 Å². The Hall–Kier alpha value is -3.43. The first kappa shape index (κ1) is 24.7. The molecule has 1 saturated carbocycles. The van der Waals surface area contributed by atoms with Crippen LogP contribution in [-0.4, -0.2) is 47.6 Å². The summed E-state index contributed by atoms with van der Waals surface area (Å²) in [6.45, 7) is 2.76. The Morgan fingerprint density at radius 2 is 2.06 bits per heavy atom. The van der Waals surface area contributed by atoms with E-state index in [0.717, 1.165) is 29.7 Å². The van der Waals surface area contributed by atoms with Crippen molar-refractivity contribution in [2.24, 2.45) is 5.73 Å². The summed E-state index contributed by atoms with van der Waals surface area (Å²) < 4.78 is 16.7. The quantitative estimate of drug-likeness (QED) is 0.360. The molecule has 1 aliphatic carbocycles. The Kier molecular flexibility index (Phi) is 7.99. The number of carbonyl (C=O) groups is 1. The van der Waals surface area contributed by atoms with E-state index in [1.165, 1.54) is 0 Å². The average molecular weight is 481 g/mol. The van der Waals surface area contributed by atoms with E-state index in [1.54, 1.807) is 25.3 Å². The zero-order valence-electron chi connectivity index (χ0n) is 20.1. The van der Waals surface area contributed by atoms with Crippen LogP contribution in [0.25, 0.3) is 11.5 Å². The maximum Gasteiger partial charge on any atom is 0.255 e. The highest BCUT2D eigenvalue weighted by molar-refractivity contribution is 5.97. The number of methoxy groups -OCH3 is 1. The highest BCUT2D eigenvalue weighted by Crippen LogP contribution is 2.40. The Morgan fingerprint density at radius 3 is 2.77 bits per heavy atom. The van der Waals surface area contributed by atoms with Crippen LogP contribution in [0.5, 0.6) is 11.5 Å². The summed E-state index contributed by atoms with van der Waals surface area (Å²) in [4.78, 5) is 12.9. The van der Waals surface area contributed by atoms with Gasteiger partial charge in [0.05, 0.1) is 25.4 Å². The number of hydrogen-bond donors (Lipinski definition) is 3. The first-order valence-electron chi connectivity index (χ1n) is 11.9. The maximum atomic E-state index is 12.9. The highest BCUT2D eigenvalue weighted by atomic mass is 16.5. The first-order valence-corrected chi connectivity index (χ1v) is 11.9. The number of nitrogens with one attached hydrogen (secondary N) is 1. The molecule has 0 spiro atoms. The van der Waals surface area contributed by atoms with Gasteiger partial charge in [-0.15, -0.1) is 10.2 Å². The van der Waals surface area contributed by atoms with Crippen molar-refractivity contribution in [3.63, 3.8) is 0 Å². The molecular weight excluding hydrogens is 448 g/mol. The number of carbonyl (C=O) groups excluding carboxylic acids is 1. The van der Waals surface area contributed by atoms with Crippen LogP contribution < -0.4 is 20.5 Å².